The van der Waals surface area contributed by atoms with E-state index in [1.54, 1.807) is 12.5 Å². The number of aromatic nitrogens is 1. The predicted molar refractivity (Wildman–Crippen MR) is 80.5 cm³/mol. The van der Waals surface area contributed by atoms with Gasteiger partial charge in [-0.25, -0.2) is 0 Å². The van der Waals surface area contributed by atoms with Gasteiger partial charge in [0.15, 0.2) is 0 Å². The van der Waals surface area contributed by atoms with Gasteiger partial charge in [-0.3, -0.25) is 4.98 Å². The first-order valence-electron chi connectivity index (χ1n) is 5.74. The molecular weight excluding hydrogens is 328 g/mol. The van der Waals surface area contributed by atoms with Crippen molar-refractivity contribution < 1.29 is 4.42 Å². The highest BCUT2D eigenvalue weighted by Gasteiger charge is 2.07. The van der Waals surface area contributed by atoms with Gasteiger partial charge in [-0.1, -0.05) is 11.6 Å². The van der Waals surface area contributed by atoms with Crippen LogP contribution in [-0.2, 0) is 6.54 Å². The lowest BCUT2D eigenvalue weighted by atomic mass is 10.2. The predicted octanol–water partition coefficient (Wildman–Crippen LogP) is 4.86. The number of nitrogens with zero attached hydrogens (tertiary/aromatic N) is 1. The molecule has 3 rings (SSSR count). The van der Waals surface area contributed by atoms with Gasteiger partial charge in [0.2, 0.25) is 0 Å². The number of hydrogen-bond donors (Lipinski definition) is 1. The van der Waals surface area contributed by atoms with E-state index in [0.717, 1.165) is 26.8 Å². The number of benzene rings is 1. The van der Waals surface area contributed by atoms with Crippen LogP contribution in [0.15, 0.2) is 51.7 Å². The molecule has 1 aromatic carbocycles. The Balaban J connectivity index is 1.93. The van der Waals surface area contributed by atoms with Crippen molar-refractivity contribution in [1.29, 1.82) is 0 Å². The Kier molecular flexibility index (Phi) is 3.44. The van der Waals surface area contributed by atoms with Crippen molar-refractivity contribution in [3.63, 3.8) is 0 Å². The molecule has 0 aliphatic carbocycles. The zero-order valence-corrected chi connectivity index (χ0v) is 12.2. The molecule has 5 heteroatoms. The minimum atomic E-state index is 0.596. The highest BCUT2D eigenvalue weighted by atomic mass is 79.9. The minimum absolute atomic E-state index is 0.596. The van der Waals surface area contributed by atoms with Gasteiger partial charge in [-0.05, 0) is 46.3 Å². The van der Waals surface area contributed by atoms with Crippen LogP contribution in [0, 0.1) is 0 Å². The van der Waals surface area contributed by atoms with E-state index in [9.17, 15) is 0 Å². The lowest BCUT2D eigenvalue weighted by Crippen LogP contribution is -1.99. The first-order chi connectivity index (χ1) is 9.25. The summed E-state index contributed by atoms with van der Waals surface area (Å²) in [7, 11) is 0. The van der Waals surface area contributed by atoms with Crippen molar-refractivity contribution in [2.75, 3.05) is 5.32 Å². The second-order valence-corrected chi connectivity index (χ2v) is 5.30. The van der Waals surface area contributed by atoms with E-state index >= 15 is 0 Å². The molecule has 19 heavy (non-hydrogen) atoms. The SMILES string of the molecule is Clc1ccc(NCc2occc2Br)c2cccnc12. The molecule has 0 unspecified atom stereocenters. The molecule has 0 aliphatic heterocycles. The Morgan fingerprint density at radius 1 is 1.26 bits per heavy atom. The summed E-state index contributed by atoms with van der Waals surface area (Å²) in [6.07, 6.45) is 3.39. The van der Waals surface area contributed by atoms with Crippen molar-refractivity contribution >= 4 is 44.1 Å². The second-order valence-electron chi connectivity index (χ2n) is 4.04. The first kappa shape index (κ1) is 12.5. The number of anilines is 1. The Hall–Kier alpha value is -1.52. The fourth-order valence-corrected chi connectivity index (χ4v) is 2.47. The molecule has 0 aliphatic rings. The van der Waals surface area contributed by atoms with Gasteiger partial charge in [0.05, 0.1) is 27.8 Å². The van der Waals surface area contributed by atoms with Gasteiger partial charge in [-0.15, -0.1) is 0 Å². The second kappa shape index (κ2) is 5.23. The Morgan fingerprint density at radius 2 is 2.16 bits per heavy atom. The van der Waals surface area contributed by atoms with Gasteiger partial charge < -0.3 is 9.73 Å². The summed E-state index contributed by atoms with van der Waals surface area (Å²) in [5.41, 5.74) is 1.78. The van der Waals surface area contributed by atoms with Crippen LogP contribution in [0.2, 0.25) is 5.02 Å². The van der Waals surface area contributed by atoms with E-state index in [1.807, 2.05) is 30.3 Å². The highest BCUT2D eigenvalue weighted by molar-refractivity contribution is 9.10. The average molecular weight is 338 g/mol. The van der Waals surface area contributed by atoms with Gasteiger partial charge in [-0.2, -0.15) is 0 Å². The van der Waals surface area contributed by atoms with Crippen LogP contribution >= 0.6 is 27.5 Å². The molecular formula is C14H10BrClN2O. The molecule has 2 heterocycles. The van der Waals surface area contributed by atoms with Crippen LogP contribution in [0.5, 0.6) is 0 Å². The van der Waals surface area contributed by atoms with E-state index in [1.165, 1.54) is 0 Å². The van der Waals surface area contributed by atoms with Crippen LogP contribution in [0.4, 0.5) is 5.69 Å². The van der Waals surface area contributed by atoms with Gasteiger partial charge >= 0.3 is 0 Å². The van der Waals surface area contributed by atoms with Crippen molar-refractivity contribution in [2.45, 2.75) is 6.54 Å². The Bertz CT molecular complexity index is 726. The normalized spacial score (nSPS) is 10.8. The van der Waals surface area contributed by atoms with Crippen LogP contribution in [0.3, 0.4) is 0 Å². The lowest BCUT2D eigenvalue weighted by molar-refractivity contribution is 0.516. The van der Waals surface area contributed by atoms with Crippen LogP contribution in [0.25, 0.3) is 10.9 Å². The lowest BCUT2D eigenvalue weighted by Gasteiger charge is -2.09. The smallest absolute Gasteiger partial charge is 0.136 e. The standard InChI is InChI=1S/C14H10BrClN2O/c15-10-5-7-19-13(10)8-18-12-4-3-11(16)14-9(12)2-1-6-17-14/h1-7,18H,8H2. The molecule has 0 atom stereocenters. The number of halogens is 2. The fourth-order valence-electron chi connectivity index (χ4n) is 1.92. The third-order valence-electron chi connectivity index (χ3n) is 2.85. The molecule has 96 valence electrons. The molecule has 0 bridgehead atoms. The molecule has 1 N–H and O–H groups in total. The van der Waals surface area contributed by atoms with E-state index in [2.05, 4.69) is 26.2 Å². The van der Waals surface area contributed by atoms with Crippen molar-refractivity contribution in [3.05, 3.63) is 58.0 Å². The maximum atomic E-state index is 6.14. The van der Waals surface area contributed by atoms with Gasteiger partial charge in [0.1, 0.15) is 5.76 Å². The quantitative estimate of drug-likeness (QED) is 0.742. The third kappa shape index (κ3) is 2.46. The van der Waals surface area contributed by atoms with E-state index in [4.69, 9.17) is 16.0 Å². The molecule has 0 saturated heterocycles. The van der Waals surface area contributed by atoms with E-state index < -0.39 is 0 Å². The molecule has 0 spiro atoms. The number of nitrogens with one attached hydrogen (secondary N) is 1. The maximum absolute atomic E-state index is 6.14. The number of pyridine rings is 1. The molecule has 3 aromatic rings. The largest absolute Gasteiger partial charge is 0.466 e. The average Bonchev–Trinajstić information content (AvgIpc) is 2.84. The summed E-state index contributed by atoms with van der Waals surface area (Å²) in [6.45, 7) is 0.596. The fraction of sp³-hybridized carbons (Fsp3) is 0.0714. The first-order valence-corrected chi connectivity index (χ1v) is 6.92. The van der Waals surface area contributed by atoms with E-state index in [0.29, 0.717) is 11.6 Å². The molecule has 0 amide bonds. The van der Waals surface area contributed by atoms with Crippen molar-refractivity contribution in [2.24, 2.45) is 0 Å². The van der Waals surface area contributed by atoms with Gasteiger partial charge in [0.25, 0.3) is 0 Å². The number of hydrogen-bond acceptors (Lipinski definition) is 3. The van der Waals surface area contributed by atoms with Crippen LogP contribution in [0.1, 0.15) is 5.76 Å². The third-order valence-corrected chi connectivity index (χ3v) is 3.86. The highest BCUT2D eigenvalue weighted by Crippen LogP contribution is 2.28. The minimum Gasteiger partial charge on any atom is -0.466 e. The zero-order chi connectivity index (χ0) is 13.2. The van der Waals surface area contributed by atoms with E-state index in [-0.39, 0.29) is 0 Å². The molecule has 0 saturated carbocycles. The van der Waals surface area contributed by atoms with Crippen LogP contribution in [-0.4, -0.2) is 4.98 Å². The number of fused-ring (bicyclic) bond motifs is 1. The molecule has 0 fully saturated rings. The summed E-state index contributed by atoms with van der Waals surface area (Å²) in [4.78, 5) is 4.30. The van der Waals surface area contributed by atoms with Crippen molar-refractivity contribution in [3.8, 4) is 0 Å². The summed E-state index contributed by atoms with van der Waals surface area (Å²) in [6, 6.07) is 9.55. The summed E-state index contributed by atoms with van der Waals surface area (Å²) in [5, 5.41) is 4.99. The molecule has 2 aromatic heterocycles. The Morgan fingerprint density at radius 3 is 2.95 bits per heavy atom. The summed E-state index contributed by atoms with van der Waals surface area (Å²) >= 11 is 9.57. The Labute approximate surface area is 123 Å². The topological polar surface area (TPSA) is 38.1 Å². The molecule has 3 nitrogen and oxygen atoms in total. The number of furan rings is 1. The zero-order valence-electron chi connectivity index (χ0n) is 9.86. The monoisotopic (exact) mass is 336 g/mol. The maximum Gasteiger partial charge on any atom is 0.136 e. The van der Waals surface area contributed by atoms with Crippen LogP contribution < -0.4 is 5.32 Å². The van der Waals surface area contributed by atoms with Gasteiger partial charge in [0, 0.05) is 17.3 Å². The number of rotatable bonds is 3. The summed E-state index contributed by atoms with van der Waals surface area (Å²) < 4.78 is 6.33. The molecule has 0 radical (unpaired) electrons. The summed E-state index contributed by atoms with van der Waals surface area (Å²) in [5.74, 6) is 0.854. The van der Waals surface area contributed by atoms with Crippen molar-refractivity contribution in [1.82, 2.24) is 4.98 Å².